The summed E-state index contributed by atoms with van der Waals surface area (Å²) in [6.07, 6.45) is 1.09. The van der Waals surface area contributed by atoms with Crippen LogP contribution in [0.2, 0.25) is 0 Å². The molecule has 1 rings (SSSR count). The predicted octanol–water partition coefficient (Wildman–Crippen LogP) is -1.24. The Hall–Kier alpha value is -1.43. The maximum absolute atomic E-state index is 10.9. The summed E-state index contributed by atoms with van der Waals surface area (Å²) >= 11 is 0. The molecule has 1 heterocycles. The van der Waals surface area contributed by atoms with E-state index in [9.17, 15) is 4.79 Å². The third-order valence-electron chi connectivity index (χ3n) is 0.984. The lowest BCUT2D eigenvalue weighted by molar-refractivity contribution is 0.0920. The minimum absolute atomic E-state index is 0.0431. The third-order valence-corrected chi connectivity index (χ3v) is 0.984. The number of carbonyl (C=O) groups is 1. The molecule has 0 aliphatic carbocycles. The quantitative estimate of drug-likeness (QED) is 0.570. The van der Waals surface area contributed by atoms with Gasteiger partial charge in [-0.2, -0.15) is 0 Å². The zero-order valence-electron chi connectivity index (χ0n) is 5.78. The van der Waals surface area contributed by atoms with Crippen LogP contribution in [-0.4, -0.2) is 29.2 Å². The number of hydrogen-bond donors (Lipinski definition) is 2. The average Bonchev–Trinajstić information content (AvgIpc) is 2.52. The Morgan fingerprint density at radius 2 is 2.64 bits per heavy atom. The first-order valence-corrected chi connectivity index (χ1v) is 3.09. The van der Waals surface area contributed by atoms with E-state index < -0.39 is 5.91 Å². The molecule has 6 nitrogen and oxygen atoms in total. The Bertz CT molecular complexity index is 220. The van der Waals surface area contributed by atoms with E-state index in [0.717, 1.165) is 6.39 Å². The van der Waals surface area contributed by atoms with Gasteiger partial charge in [0.15, 0.2) is 0 Å². The van der Waals surface area contributed by atoms with Crippen molar-refractivity contribution in [3.8, 4) is 0 Å². The van der Waals surface area contributed by atoms with Crippen molar-refractivity contribution < 1.29 is 9.21 Å². The van der Waals surface area contributed by atoms with E-state index >= 15 is 0 Å². The highest BCUT2D eigenvalue weighted by Gasteiger charge is 2.08. The second kappa shape index (κ2) is 3.67. The molecule has 0 saturated carbocycles. The van der Waals surface area contributed by atoms with Gasteiger partial charge in [-0.15, -0.1) is 10.2 Å². The normalized spacial score (nSPS) is 9.55. The molecule has 6 heteroatoms. The van der Waals surface area contributed by atoms with Crippen molar-refractivity contribution in [2.45, 2.75) is 0 Å². The van der Waals surface area contributed by atoms with Crippen LogP contribution in [0.5, 0.6) is 0 Å². The summed E-state index contributed by atoms with van der Waals surface area (Å²) in [4.78, 5) is 10.9. The fourth-order valence-electron chi connectivity index (χ4n) is 0.533. The van der Waals surface area contributed by atoms with Gasteiger partial charge in [-0.3, -0.25) is 4.79 Å². The fourth-order valence-corrected chi connectivity index (χ4v) is 0.533. The lowest BCUT2D eigenvalue weighted by atomic mass is 10.5. The summed E-state index contributed by atoms with van der Waals surface area (Å²) in [6.45, 7) is 0.793. The molecule has 0 fully saturated rings. The number of nitrogens with zero attached hydrogens (tertiary/aromatic N) is 2. The van der Waals surface area contributed by atoms with Gasteiger partial charge in [0.25, 0.3) is 0 Å². The monoisotopic (exact) mass is 156 g/mol. The zero-order chi connectivity index (χ0) is 8.10. The van der Waals surface area contributed by atoms with Crippen LogP contribution in [-0.2, 0) is 0 Å². The van der Waals surface area contributed by atoms with Gasteiger partial charge in [-0.25, -0.2) is 0 Å². The number of nitrogens with one attached hydrogen (secondary N) is 1. The molecule has 0 unspecified atom stereocenters. The molecule has 60 valence electrons. The number of amides is 1. The van der Waals surface area contributed by atoms with Crippen LogP contribution in [0.25, 0.3) is 0 Å². The minimum atomic E-state index is -0.395. The lowest BCUT2D eigenvalue weighted by Crippen LogP contribution is -2.29. The van der Waals surface area contributed by atoms with E-state index in [4.69, 9.17) is 5.73 Å². The van der Waals surface area contributed by atoms with Crippen molar-refractivity contribution >= 4 is 5.91 Å². The molecule has 0 bridgehead atoms. The fraction of sp³-hybridized carbons (Fsp3) is 0.400. The van der Waals surface area contributed by atoms with Crippen molar-refractivity contribution in [2.75, 3.05) is 13.1 Å². The number of rotatable bonds is 3. The predicted molar refractivity (Wildman–Crippen MR) is 35.7 cm³/mol. The second-order valence-electron chi connectivity index (χ2n) is 1.79. The van der Waals surface area contributed by atoms with Crippen molar-refractivity contribution in [1.29, 1.82) is 0 Å². The molecular formula is C5H8N4O2. The van der Waals surface area contributed by atoms with Gasteiger partial charge >= 0.3 is 11.8 Å². The molecule has 0 aliphatic heterocycles. The molecule has 1 aromatic heterocycles. The number of carbonyl (C=O) groups excluding carboxylic acids is 1. The zero-order valence-corrected chi connectivity index (χ0v) is 5.78. The number of hydrogen-bond acceptors (Lipinski definition) is 5. The summed E-state index contributed by atoms with van der Waals surface area (Å²) in [5, 5.41) is 9.22. The van der Waals surface area contributed by atoms with Crippen LogP contribution >= 0.6 is 0 Å². The SMILES string of the molecule is NCCNC(=O)c1nnco1. The Morgan fingerprint density at radius 1 is 1.82 bits per heavy atom. The van der Waals surface area contributed by atoms with Gasteiger partial charge < -0.3 is 15.5 Å². The van der Waals surface area contributed by atoms with Crippen molar-refractivity contribution in [3.63, 3.8) is 0 Å². The van der Waals surface area contributed by atoms with E-state index in [1.807, 2.05) is 0 Å². The standard InChI is InChI=1S/C5H8N4O2/c6-1-2-7-4(10)5-9-8-3-11-5/h3H,1-2,6H2,(H,7,10). The van der Waals surface area contributed by atoms with Crippen LogP contribution in [0.4, 0.5) is 0 Å². The first-order valence-electron chi connectivity index (χ1n) is 3.09. The van der Waals surface area contributed by atoms with E-state index in [1.54, 1.807) is 0 Å². The van der Waals surface area contributed by atoms with E-state index in [2.05, 4.69) is 19.9 Å². The topological polar surface area (TPSA) is 94.0 Å². The summed E-state index contributed by atoms with van der Waals surface area (Å²) in [7, 11) is 0. The van der Waals surface area contributed by atoms with Gasteiger partial charge in [-0.05, 0) is 0 Å². The molecule has 1 aromatic rings. The Balaban J connectivity index is 2.43. The smallest absolute Gasteiger partial charge is 0.308 e. The van der Waals surface area contributed by atoms with Crippen molar-refractivity contribution in [3.05, 3.63) is 12.3 Å². The highest BCUT2D eigenvalue weighted by atomic mass is 16.4. The highest BCUT2D eigenvalue weighted by Crippen LogP contribution is 1.89. The molecule has 3 N–H and O–H groups in total. The Morgan fingerprint density at radius 3 is 3.18 bits per heavy atom. The summed E-state index contributed by atoms with van der Waals surface area (Å²) in [5.41, 5.74) is 5.15. The molecular weight excluding hydrogens is 148 g/mol. The van der Waals surface area contributed by atoms with E-state index in [-0.39, 0.29) is 5.89 Å². The van der Waals surface area contributed by atoms with Gasteiger partial charge in [0.05, 0.1) is 0 Å². The maximum Gasteiger partial charge on any atom is 0.308 e. The van der Waals surface area contributed by atoms with Crippen molar-refractivity contribution in [2.24, 2.45) is 5.73 Å². The lowest BCUT2D eigenvalue weighted by Gasteiger charge is -1.96. The van der Waals surface area contributed by atoms with Crippen molar-refractivity contribution in [1.82, 2.24) is 15.5 Å². The van der Waals surface area contributed by atoms with Gasteiger partial charge in [0.1, 0.15) is 0 Å². The van der Waals surface area contributed by atoms with E-state index in [0.29, 0.717) is 13.1 Å². The van der Waals surface area contributed by atoms with Crippen LogP contribution in [0.15, 0.2) is 10.8 Å². The van der Waals surface area contributed by atoms with Crippen LogP contribution < -0.4 is 11.1 Å². The third kappa shape index (κ3) is 2.01. The van der Waals surface area contributed by atoms with Crippen LogP contribution in [0.3, 0.4) is 0 Å². The molecule has 0 spiro atoms. The maximum atomic E-state index is 10.9. The molecule has 0 aliphatic rings. The molecule has 1 amide bonds. The van der Waals surface area contributed by atoms with Gasteiger partial charge in [0.2, 0.25) is 6.39 Å². The van der Waals surface area contributed by atoms with Crippen LogP contribution in [0, 0.1) is 0 Å². The van der Waals surface area contributed by atoms with Crippen LogP contribution in [0.1, 0.15) is 10.7 Å². The Kier molecular flexibility index (Phi) is 2.56. The summed E-state index contributed by atoms with van der Waals surface area (Å²) in [6, 6.07) is 0. The summed E-state index contributed by atoms with van der Waals surface area (Å²) < 4.78 is 4.62. The number of aromatic nitrogens is 2. The number of nitrogens with two attached hydrogens (primary N) is 1. The molecule has 0 aromatic carbocycles. The largest absolute Gasteiger partial charge is 0.420 e. The molecule has 11 heavy (non-hydrogen) atoms. The highest BCUT2D eigenvalue weighted by molar-refractivity contribution is 5.89. The second-order valence-corrected chi connectivity index (χ2v) is 1.79. The first kappa shape index (κ1) is 7.67. The van der Waals surface area contributed by atoms with Gasteiger partial charge in [-0.1, -0.05) is 0 Å². The Labute approximate surface area is 62.8 Å². The molecule has 0 atom stereocenters. The molecule has 0 saturated heterocycles. The minimum Gasteiger partial charge on any atom is -0.420 e. The summed E-state index contributed by atoms with van der Waals surface area (Å²) in [5.74, 6) is -0.439. The first-order chi connectivity index (χ1) is 5.34. The molecule has 0 radical (unpaired) electrons. The average molecular weight is 156 g/mol. The van der Waals surface area contributed by atoms with E-state index in [1.165, 1.54) is 0 Å². The van der Waals surface area contributed by atoms with Gasteiger partial charge in [0, 0.05) is 13.1 Å².